The topological polar surface area (TPSA) is 113 Å². The van der Waals surface area contributed by atoms with Crippen molar-refractivity contribution in [3.8, 4) is 5.75 Å². The highest BCUT2D eigenvalue weighted by Crippen LogP contribution is 2.23. The number of ether oxygens (including phenoxy) is 1. The second kappa shape index (κ2) is 7.59. The fourth-order valence-electron chi connectivity index (χ4n) is 1.03. The van der Waals surface area contributed by atoms with Gasteiger partial charge >= 0.3 is 16.3 Å². The molecule has 21 heavy (non-hydrogen) atoms. The Morgan fingerprint density at radius 1 is 1.29 bits per heavy atom. The first-order valence-electron chi connectivity index (χ1n) is 4.91. The number of hydrogen-bond acceptors (Lipinski definition) is 6. The van der Waals surface area contributed by atoms with Gasteiger partial charge in [0.2, 0.25) is 0 Å². The van der Waals surface area contributed by atoms with Crippen molar-refractivity contribution in [3.05, 3.63) is 29.8 Å². The van der Waals surface area contributed by atoms with Crippen LogP contribution in [-0.2, 0) is 14.9 Å². The van der Waals surface area contributed by atoms with Crippen LogP contribution in [-0.4, -0.2) is 42.8 Å². The van der Waals surface area contributed by atoms with Gasteiger partial charge in [0.25, 0.3) is 5.62 Å². The molecule has 11 heteroatoms. The van der Waals surface area contributed by atoms with Crippen LogP contribution in [0.4, 0.5) is 13.2 Å². The van der Waals surface area contributed by atoms with Gasteiger partial charge in [-0.3, -0.25) is 9.35 Å². The molecule has 2 N–H and O–H groups in total. The Kier molecular flexibility index (Phi) is 6.82. The maximum absolute atomic E-state index is 12.3. The van der Waals surface area contributed by atoms with Crippen molar-refractivity contribution in [3.63, 3.8) is 0 Å². The molecule has 0 saturated heterocycles. The number of carbonyl (C=O) groups excluding carboxylic acids is 1. The number of rotatable bonds is 3. The molecule has 0 spiro atoms. The van der Waals surface area contributed by atoms with Crippen molar-refractivity contribution >= 4 is 21.4 Å². The predicted octanol–water partition coefficient (Wildman–Crippen LogP) is 1.50. The van der Waals surface area contributed by atoms with Crippen molar-refractivity contribution in [1.29, 1.82) is 0 Å². The Balaban J connectivity index is 0.000000567. The molecule has 0 heterocycles. The van der Waals surface area contributed by atoms with Gasteiger partial charge in [0.05, 0.1) is 7.11 Å². The van der Waals surface area contributed by atoms with Crippen molar-refractivity contribution in [2.75, 3.05) is 7.11 Å². The second-order valence-corrected chi connectivity index (χ2v) is 4.51. The first-order valence-corrected chi connectivity index (χ1v) is 6.41. The van der Waals surface area contributed by atoms with Crippen LogP contribution in [0.3, 0.4) is 0 Å². The quantitative estimate of drug-likeness (QED) is 0.286. The van der Waals surface area contributed by atoms with Gasteiger partial charge < -0.3 is 9.94 Å². The summed E-state index contributed by atoms with van der Waals surface area (Å²) < 4.78 is 67.4. The highest BCUT2D eigenvalue weighted by molar-refractivity contribution is 7.99. The first-order chi connectivity index (χ1) is 9.55. The summed E-state index contributed by atoms with van der Waals surface area (Å²) in [5.74, 6) is 0.429. The number of oxime groups is 1. The summed E-state index contributed by atoms with van der Waals surface area (Å²) in [6.07, 6.45) is -4.68. The molecule has 0 atom stereocenters. The largest absolute Gasteiger partial charge is 0.497 e. The molecule has 0 aromatic heterocycles. The predicted molar refractivity (Wildman–Crippen MR) is 65.7 cm³/mol. The van der Waals surface area contributed by atoms with Crippen LogP contribution in [0.2, 0.25) is 0 Å². The number of benzene rings is 1. The fraction of sp³-hybridized carbons (Fsp3) is 0.200. The molecule has 7 nitrogen and oxygen atoms in total. The number of methoxy groups -OCH3 is 1. The van der Waals surface area contributed by atoms with Gasteiger partial charge in [-0.2, -0.15) is 21.6 Å². The zero-order chi connectivity index (χ0) is 16.7. The number of alkyl halides is 3. The molecule has 1 rings (SSSR count). The van der Waals surface area contributed by atoms with Crippen molar-refractivity contribution in [1.82, 2.24) is 0 Å². The van der Waals surface area contributed by atoms with E-state index in [0.717, 1.165) is 0 Å². The molecule has 0 bridgehead atoms. The fourth-order valence-corrected chi connectivity index (χ4v) is 1.03. The Bertz CT molecular complexity index is 583. The van der Waals surface area contributed by atoms with E-state index in [1.54, 1.807) is 0 Å². The maximum Gasteiger partial charge on any atom is 0.437 e. The number of carbonyl (C=O) groups is 1. The molecule has 0 fully saturated rings. The van der Waals surface area contributed by atoms with E-state index in [2.05, 4.69) is 5.16 Å². The summed E-state index contributed by atoms with van der Waals surface area (Å²) in [4.78, 5) is 8.99. The zero-order valence-electron chi connectivity index (χ0n) is 10.4. The molecule has 118 valence electrons. The van der Waals surface area contributed by atoms with Gasteiger partial charge in [-0.1, -0.05) is 5.16 Å². The van der Waals surface area contributed by atoms with E-state index >= 15 is 0 Å². The van der Waals surface area contributed by atoms with Crippen LogP contribution in [0.15, 0.2) is 29.4 Å². The molecule has 0 unspecified atom stereocenters. The molecule has 0 aliphatic carbocycles. The van der Waals surface area contributed by atoms with Gasteiger partial charge in [0, 0.05) is 5.56 Å². The number of hydrogen-bond donors (Lipinski definition) is 2. The normalized spacial score (nSPS) is 12.1. The third-order valence-electron chi connectivity index (χ3n) is 1.85. The second-order valence-electron chi connectivity index (χ2n) is 3.29. The van der Waals surface area contributed by atoms with Crippen molar-refractivity contribution in [2.24, 2.45) is 5.16 Å². The van der Waals surface area contributed by atoms with E-state index in [1.165, 1.54) is 31.4 Å². The number of nitrogens with zero attached hydrogens (tertiary/aromatic N) is 1. The van der Waals surface area contributed by atoms with Gasteiger partial charge in [-0.25, -0.2) is 0 Å². The van der Waals surface area contributed by atoms with E-state index in [9.17, 15) is 21.6 Å². The summed E-state index contributed by atoms with van der Waals surface area (Å²) in [6, 6.07) is 5.04. The summed E-state index contributed by atoms with van der Waals surface area (Å²) in [6.45, 7) is 0. The maximum atomic E-state index is 12.3. The summed E-state index contributed by atoms with van der Waals surface area (Å²) in [5, 5.41) is 10.5. The van der Waals surface area contributed by atoms with Crippen LogP contribution in [0.1, 0.15) is 5.56 Å². The van der Waals surface area contributed by atoms with Crippen LogP contribution >= 0.6 is 0 Å². The smallest absolute Gasteiger partial charge is 0.437 e. The Hall–Kier alpha value is -2.14. The van der Waals surface area contributed by atoms with E-state index in [4.69, 9.17) is 19.3 Å². The lowest BCUT2D eigenvalue weighted by molar-refractivity contribution is -0.0601. The Morgan fingerprint density at radius 2 is 1.71 bits per heavy atom. The lowest BCUT2D eigenvalue weighted by Gasteiger charge is -2.08. The third kappa shape index (κ3) is 7.27. The van der Waals surface area contributed by atoms with Crippen LogP contribution in [0.25, 0.3) is 0 Å². The monoisotopic (exact) mass is 329 g/mol. The minimum Gasteiger partial charge on any atom is -0.497 e. The van der Waals surface area contributed by atoms with Gasteiger partial charge in [-0.05, 0) is 24.3 Å². The highest BCUT2D eigenvalue weighted by atomic mass is 32.2. The average molecular weight is 329 g/mol. The lowest BCUT2D eigenvalue weighted by atomic mass is 10.1. The summed E-state index contributed by atoms with van der Waals surface area (Å²) in [7, 11) is -2.94. The SMILES string of the molecule is COc1ccc(C(=NO)C(F)(F)F)cc1.O=CS(=O)(=O)O. The Labute approximate surface area is 117 Å². The third-order valence-corrected chi connectivity index (χ3v) is 2.10. The molecule has 0 saturated carbocycles. The van der Waals surface area contributed by atoms with Crippen molar-refractivity contribution < 1.29 is 40.9 Å². The molecule has 1 aromatic rings. The highest BCUT2D eigenvalue weighted by Gasteiger charge is 2.37. The van der Waals surface area contributed by atoms with Crippen LogP contribution in [0.5, 0.6) is 5.75 Å². The molecule has 0 radical (unpaired) electrons. The van der Waals surface area contributed by atoms with Crippen LogP contribution in [0, 0.1) is 0 Å². The molecule has 0 amide bonds. The lowest BCUT2D eigenvalue weighted by Crippen LogP contribution is -2.23. The summed E-state index contributed by atoms with van der Waals surface area (Å²) in [5.41, 5.74) is -2.08. The number of halogens is 3. The van der Waals surface area contributed by atoms with Gasteiger partial charge in [0.1, 0.15) is 5.75 Å². The molecule has 1 aromatic carbocycles. The van der Waals surface area contributed by atoms with Gasteiger partial charge in [0.15, 0.2) is 5.71 Å². The van der Waals surface area contributed by atoms with E-state index in [1.807, 2.05) is 0 Å². The molecule has 0 aliphatic heterocycles. The summed E-state index contributed by atoms with van der Waals surface area (Å²) >= 11 is 0. The standard InChI is InChI=1S/C9H8F3NO2.CH2O4S/c1-15-7-4-2-6(3-5-7)8(13-14)9(10,11)12;2-1-6(3,4)5/h2-5,14H,1H3;1H,(H,3,4,5). The first kappa shape index (κ1) is 18.9. The average Bonchev–Trinajstić information content (AvgIpc) is 2.38. The minimum atomic E-state index is -4.68. The molecular weight excluding hydrogens is 319 g/mol. The molecular formula is C10H10F3NO6S. The van der Waals surface area contributed by atoms with Gasteiger partial charge in [-0.15, -0.1) is 0 Å². The Morgan fingerprint density at radius 3 is 1.95 bits per heavy atom. The van der Waals surface area contributed by atoms with E-state index in [0.29, 0.717) is 5.75 Å². The zero-order valence-corrected chi connectivity index (χ0v) is 11.2. The van der Waals surface area contributed by atoms with Crippen molar-refractivity contribution in [2.45, 2.75) is 6.18 Å². The van der Waals surface area contributed by atoms with Crippen LogP contribution < -0.4 is 4.74 Å². The van der Waals surface area contributed by atoms with E-state index < -0.39 is 27.6 Å². The van der Waals surface area contributed by atoms with E-state index in [-0.39, 0.29) is 5.56 Å². The minimum absolute atomic E-state index is 0.217. The molecule has 0 aliphatic rings.